The molecule has 0 bridgehead atoms. The molecule has 2 aromatic rings. The number of hydrogen-bond donors (Lipinski definition) is 1. The van der Waals surface area contributed by atoms with Crippen molar-refractivity contribution in [3.63, 3.8) is 0 Å². The molecule has 2 heteroatoms. The molecule has 0 aliphatic heterocycles. The Morgan fingerprint density at radius 1 is 1.05 bits per heavy atom. The lowest BCUT2D eigenvalue weighted by Crippen LogP contribution is -2.18. The van der Waals surface area contributed by atoms with E-state index in [1.54, 1.807) is 0 Å². The third-order valence-corrected chi connectivity index (χ3v) is 4.28. The van der Waals surface area contributed by atoms with E-state index >= 15 is 0 Å². The van der Waals surface area contributed by atoms with Crippen molar-refractivity contribution in [1.29, 1.82) is 0 Å². The van der Waals surface area contributed by atoms with Gasteiger partial charge in [0.05, 0.1) is 6.04 Å². The third-order valence-electron chi connectivity index (χ3n) is 3.87. The molecule has 0 aliphatic rings. The van der Waals surface area contributed by atoms with E-state index in [1.807, 2.05) is 19.2 Å². The quantitative estimate of drug-likeness (QED) is 0.804. The molecule has 0 heterocycles. The van der Waals surface area contributed by atoms with Gasteiger partial charge >= 0.3 is 0 Å². The Hall–Kier alpha value is -1.31. The van der Waals surface area contributed by atoms with E-state index in [9.17, 15) is 0 Å². The van der Waals surface area contributed by atoms with Gasteiger partial charge in [-0.25, -0.2) is 0 Å². The van der Waals surface area contributed by atoms with E-state index in [0.29, 0.717) is 5.92 Å². The van der Waals surface area contributed by atoms with Gasteiger partial charge in [-0.15, -0.1) is 0 Å². The third kappa shape index (κ3) is 3.87. The van der Waals surface area contributed by atoms with Crippen molar-refractivity contribution in [3.8, 4) is 0 Å². The summed E-state index contributed by atoms with van der Waals surface area (Å²) >= 11 is 6.26. The summed E-state index contributed by atoms with van der Waals surface area (Å²) < 4.78 is 0. The smallest absolute Gasteiger partial charge is 0.0577 e. The van der Waals surface area contributed by atoms with Crippen molar-refractivity contribution in [2.24, 2.45) is 5.92 Å². The van der Waals surface area contributed by atoms with Crippen LogP contribution in [0.4, 0.5) is 0 Å². The number of halogens is 1. The van der Waals surface area contributed by atoms with E-state index < -0.39 is 0 Å². The first-order chi connectivity index (χ1) is 10.0. The predicted octanol–water partition coefficient (Wildman–Crippen LogP) is 5.16. The first-order valence-corrected chi connectivity index (χ1v) is 7.91. The fourth-order valence-corrected chi connectivity index (χ4v) is 2.94. The highest BCUT2D eigenvalue weighted by Crippen LogP contribution is 2.28. The van der Waals surface area contributed by atoms with Crippen LogP contribution in [-0.4, -0.2) is 7.05 Å². The summed E-state index contributed by atoms with van der Waals surface area (Å²) in [5.41, 5.74) is 5.05. The Morgan fingerprint density at radius 2 is 1.71 bits per heavy atom. The van der Waals surface area contributed by atoms with Crippen molar-refractivity contribution >= 4 is 11.6 Å². The van der Waals surface area contributed by atoms with Gasteiger partial charge in [-0.2, -0.15) is 0 Å². The second-order valence-corrected chi connectivity index (χ2v) is 6.42. The molecule has 0 amide bonds. The summed E-state index contributed by atoms with van der Waals surface area (Å²) in [5, 5.41) is 4.23. The van der Waals surface area contributed by atoms with Gasteiger partial charge in [-0.05, 0) is 54.6 Å². The van der Waals surface area contributed by atoms with E-state index in [-0.39, 0.29) is 6.04 Å². The highest BCUT2D eigenvalue weighted by Gasteiger charge is 2.15. The van der Waals surface area contributed by atoms with Crippen LogP contribution in [0.2, 0.25) is 5.02 Å². The molecular weight excluding hydrogens is 278 g/mol. The summed E-state index contributed by atoms with van der Waals surface area (Å²) in [7, 11) is 1.99. The summed E-state index contributed by atoms with van der Waals surface area (Å²) in [5.74, 6) is 0.686. The number of nitrogens with one attached hydrogen (secondary N) is 1. The first kappa shape index (κ1) is 16.1. The topological polar surface area (TPSA) is 12.0 Å². The van der Waals surface area contributed by atoms with Crippen LogP contribution in [0, 0.1) is 12.8 Å². The van der Waals surface area contributed by atoms with Crippen molar-refractivity contribution in [1.82, 2.24) is 5.32 Å². The van der Waals surface area contributed by atoms with Gasteiger partial charge in [0, 0.05) is 5.02 Å². The molecule has 2 rings (SSSR count). The maximum Gasteiger partial charge on any atom is 0.0577 e. The van der Waals surface area contributed by atoms with Gasteiger partial charge < -0.3 is 5.32 Å². The maximum absolute atomic E-state index is 6.26. The number of hydrogen-bond acceptors (Lipinski definition) is 1. The van der Waals surface area contributed by atoms with Crippen LogP contribution in [-0.2, 0) is 6.42 Å². The average Bonchev–Trinajstić information content (AvgIpc) is 2.45. The van der Waals surface area contributed by atoms with Gasteiger partial charge in [0.25, 0.3) is 0 Å². The van der Waals surface area contributed by atoms with Gasteiger partial charge in [0.2, 0.25) is 0 Å². The van der Waals surface area contributed by atoms with Gasteiger partial charge in [0.15, 0.2) is 0 Å². The molecular formula is C19H24ClN. The van der Waals surface area contributed by atoms with Crippen molar-refractivity contribution in [3.05, 3.63) is 69.7 Å². The maximum atomic E-state index is 6.26. The molecule has 1 atom stereocenters. The molecule has 0 saturated heterocycles. The number of rotatable bonds is 5. The Labute approximate surface area is 133 Å². The lowest BCUT2D eigenvalue weighted by atomic mass is 9.93. The van der Waals surface area contributed by atoms with Gasteiger partial charge in [-0.3, -0.25) is 0 Å². The summed E-state index contributed by atoms with van der Waals surface area (Å²) in [6, 6.07) is 15.2. The fourth-order valence-electron chi connectivity index (χ4n) is 2.76. The lowest BCUT2D eigenvalue weighted by molar-refractivity contribution is 0.645. The minimum atomic E-state index is 0.178. The van der Waals surface area contributed by atoms with Crippen LogP contribution in [0.3, 0.4) is 0 Å². The summed E-state index contributed by atoms with van der Waals surface area (Å²) in [6.45, 7) is 6.58. The molecule has 0 radical (unpaired) electrons. The van der Waals surface area contributed by atoms with Gasteiger partial charge in [0.1, 0.15) is 0 Å². The zero-order valence-electron chi connectivity index (χ0n) is 13.3. The van der Waals surface area contributed by atoms with Crippen LogP contribution in [0.1, 0.15) is 42.1 Å². The monoisotopic (exact) mass is 301 g/mol. The molecule has 0 aromatic heterocycles. The standard InChI is InChI=1S/C19H24ClN/c1-13(2)12-15-8-10-16(11-9-15)19(21-4)17-6-5-7-18(20)14(17)3/h5-11,13,19,21H,12H2,1-4H3. The van der Waals surface area contributed by atoms with Crippen LogP contribution in [0.15, 0.2) is 42.5 Å². The largest absolute Gasteiger partial charge is 0.309 e. The van der Waals surface area contributed by atoms with Crippen LogP contribution in [0.25, 0.3) is 0 Å². The Kier molecular flexibility index (Phi) is 5.44. The molecule has 1 unspecified atom stereocenters. The molecule has 0 spiro atoms. The van der Waals surface area contributed by atoms with Crippen molar-refractivity contribution < 1.29 is 0 Å². The predicted molar refractivity (Wildman–Crippen MR) is 92.1 cm³/mol. The van der Waals surface area contributed by atoms with Crippen LogP contribution < -0.4 is 5.32 Å². The van der Waals surface area contributed by atoms with Crippen LogP contribution in [0.5, 0.6) is 0 Å². The number of benzene rings is 2. The second-order valence-electron chi connectivity index (χ2n) is 6.02. The normalized spacial score (nSPS) is 12.7. The SMILES string of the molecule is CNC(c1ccc(CC(C)C)cc1)c1cccc(Cl)c1C. The van der Waals surface area contributed by atoms with Gasteiger partial charge in [-0.1, -0.05) is 61.8 Å². The highest BCUT2D eigenvalue weighted by atomic mass is 35.5. The molecule has 21 heavy (non-hydrogen) atoms. The van der Waals surface area contributed by atoms with Crippen molar-refractivity contribution in [2.45, 2.75) is 33.2 Å². The molecule has 1 N–H and O–H groups in total. The Balaban J connectivity index is 2.31. The minimum absolute atomic E-state index is 0.178. The molecule has 0 aliphatic carbocycles. The fraction of sp³-hybridized carbons (Fsp3) is 0.368. The zero-order chi connectivity index (χ0) is 15.4. The summed E-state index contributed by atoms with van der Waals surface area (Å²) in [6.07, 6.45) is 1.13. The van der Waals surface area contributed by atoms with Crippen molar-refractivity contribution in [2.75, 3.05) is 7.05 Å². The molecule has 0 saturated carbocycles. The molecule has 0 fully saturated rings. The zero-order valence-corrected chi connectivity index (χ0v) is 14.0. The molecule has 112 valence electrons. The second kappa shape index (κ2) is 7.11. The highest BCUT2D eigenvalue weighted by molar-refractivity contribution is 6.31. The average molecular weight is 302 g/mol. The molecule has 1 nitrogen and oxygen atoms in total. The van der Waals surface area contributed by atoms with E-state index in [0.717, 1.165) is 17.0 Å². The summed E-state index contributed by atoms with van der Waals surface area (Å²) in [4.78, 5) is 0. The lowest BCUT2D eigenvalue weighted by Gasteiger charge is -2.20. The Morgan fingerprint density at radius 3 is 2.29 bits per heavy atom. The Bertz CT molecular complexity index is 587. The van der Waals surface area contributed by atoms with E-state index in [4.69, 9.17) is 11.6 Å². The van der Waals surface area contributed by atoms with E-state index in [2.05, 4.69) is 56.4 Å². The first-order valence-electron chi connectivity index (χ1n) is 7.54. The molecule has 2 aromatic carbocycles. The minimum Gasteiger partial charge on any atom is -0.309 e. The van der Waals surface area contributed by atoms with E-state index in [1.165, 1.54) is 16.7 Å². The van der Waals surface area contributed by atoms with Crippen LogP contribution >= 0.6 is 11.6 Å².